The first-order chi connectivity index (χ1) is 4.86. The highest BCUT2D eigenvalue weighted by molar-refractivity contribution is 7.99. The van der Waals surface area contributed by atoms with E-state index < -0.39 is 0 Å². The average molecular weight is 172 g/mol. The largest absolute Gasteiger partial charge is 0.230 e. The molecule has 4 heteroatoms. The molecule has 0 fully saturated rings. The molecule has 0 radical (unpaired) electrons. The van der Waals surface area contributed by atoms with Gasteiger partial charge in [-0.05, 0) is 12.5 Å². The van der Waals surface area contributed by atoms with E-state index in [4.69, 9.17) is 0 Å². The molecule has 2 nitrogen and oxygen atoms in total. The quantitative estimate of drug-likeness (QED) is 0.503. The van der Waals surface area contributed by atoms with E-state index in [9.17, 15) is 0 Å². The van der Waals surface area contributed by atoms with E-state index in [0.29, 0.717) is 0 Å². The molecule has 0 spiro atoms. The molecule has 10 heavy (non-hydrogen) atoms. The first kappa shape index (κ1) is 7.88. The van der Waals surface area contributed by atoms with Crippen molar-refractivity contribution in [2.45, 2.75) is 10.1 Å². The Morgan fingerprint density at radius 2 is 1.60 bits per heavy atom. The third-order valence-corrected chi connectivity index (χ3v) is 2.32. The first-order valence-electron chi connectivity index (χ1n) is 2.77. The zero-order valence-corrected chi connectivity index (χ0v) is 7.50. The van der Waals surface area contributed by atoms with Crippen molar-refractivity contribution in [3.8, 4) is 0 Å². The molecule has 0 bridgehead atoms. The summed E-state index contributed by atoms with van der Waals surface area (Å²) < 4.78 is 0. The Morgan fingerprint density at radius 3 is 2.00 bits per heavy atom. The summed E-state index contributed by atoms with van der Waals surface area (Å²) in [6, 6.07) is 1.98. The second-order valence-electron chi connectivity index (χ2n) is 1.60. The van der Waals surface area contributed by atoms with Crippen LogP contribution in [0.25, 0.3) is 0 Å². The van der Waals surface area contributed by atoms with E-state index in [2.05, 4.69) is 9.97 Å². The molecule has 1 rings (SSSR count). The number of rotatable bonds is 2. The highest BCUT2D eigenvalue weighted by Gasteiger charge is 1.93. The molecule has 54 valence electrons. The molecule has 0 unspecified atom stereocenters. The van der Waals surface area contributed by atoms with Crippen molar-refractivity contribution in [3.05, 3.63) is 12.4 Å². The number of hydrogen-bond donors (Lipinski definition) is 0. The lowest BCUT2D eigenvalue weighted by Gasteiger charge is -1.95. The lowest BCUT2D eigenvalue weighted by Crippen LogP contribution is -1.82. The summed E-state index contributed by atoms with van der Waals surface area (Å²) in [5.74, 6) is 0. The lowest BCUT2D eigenvalue weighted by atomic mass is 10.7. The molecule has 1 aromatic rings. The predicted octanol–water partition coefficient (Wildman–Crippen LogP) is 1.92. The second kappa shape index (κ2) is 3.83. The van der Waals surface area contributed by atoms with Gasteiger partial charge in [0.25, 0.3) is 0 Å². The fraction of sp³-hybridized carbons (Fsp3) is 0.333. The standard InChI is InChI=1S/C6H8N2S2/c1-9-5-3-6(10-2)8-4-7-5/h3-4H,1-2H3. The summed E-state index contributed by atoms with van der Waals surface area (Å²) >= 11 is 3.27. The number of thioether (sulfide) groups is 2. The topological polar surface area (TPSA) is 25.8 Å². The molecule has 0 aliphatic heterocycles. The number of aromatic nitrogens is 2. The van der Waals surface area contributed by atoms with E-state index in [1.807, 2.05) is 18.6 Å². The maximum Gasteiger partial charge on any atom is 0.117 e. The van der Waals surface area contributed by atoms with E-state index in [0.717, 1.165) is 10.1 Å². The van der Waals surface area contributed by atoms with Crippen LogP contribution in [0.4, 0.5) is 0 Å². The van der Waals surface area contributed by atoms with Gasteiger partial charge in [0.1, 0.15) is 16.4 Å². The number of hydrogen-bond acceptors (Lipinski definition) is 4. The van der Waals surface area contributed by atoms with Crippen LogP contribution in [-0.2, 0) is 0 Å². The van der Waals surface area contributed by atoms with E-state index in [1.54, 1.807) is 29.9 Å². The van der Waals surface area contributed by atoms with Gasteiger partial charge >= 0.3 is 0 Å². The van der Waals surface area contributed by atoms with Gasteiger partial charge in [0.05, 0.1) is 0 Å². The van der Waals surface area contributed by atoms with Crippen LogP contribution in [0.1, 0.15) is 0 Å². The maximum atomic E-state index is 4.04. The summed E-state index contributed by atoms with van der Waals surface area (Å²) in [4.78, 5) is 8.09. The van der Waals surface area contributed by atoms with E-state index in [-0.39, 0.29) is 0 Å². The van der Waals surface area contributed by atoms with Crippen molar-refractivity contribution < 1.29 is 0 Å². The number of nitrogens with zero attached hydrogens (tertiary/aromatic N) is 2. The fourth-order valence-corrected chi connectivity index (χ4v) is 1.38. The van der Waals surface area contributed by atoms with Gasteiger partial charge in [0, 0.05) is 6.07 Å². The minimum atomic E-state index is 1.03. The van der Waals surface area contributed by atoms with E-state index >= 15 is 0 Å². The Hall–Kier alpha value is -0.220. The van der Waals surface area contributed by atoms with Gasteiger partial charge in [-0.2, -0.15) is 0 Å². The van der Waals surface area contributed by atoms with Crippen molar-refractivity contribution in [1.82, 2.24) is 9.97 Å². The minimum absolute atomic E-state index is 1.03. The Kier molecular flexibility index (Phi) is 3.02. The molecular weight excluding hydrogens is 164 g/mol. The maximum absolute atomic E-state index is 4.04. The Bertz CT molecular complexity index is 195. The summed E-state index contributed by atoms with van der Waals surface area (Å²) in [6.07, 6.45) is 5.61. The molecule has 0 saturated heterocycles. The normalized spacial score (nSPS) is 9.80. The van der Waals surface area contributed by atoms with Gasteiger partial charge in [-0.15, -0.1) is 23.5 Å². The monoisotopic (exact) mass is 172 g/mol. The first-order valence-corrected chi connectivity index (χ1v) is 5.22. The van der Waals surface area contributed by atoms with Crippen LogP contribution < -0.4 is 0 Å². The summed E-state index contributed by atoms with van der Waals surface area (Å²) in [5, 5.41) is 2.05. The molecule has 0 N–H and O–H groups in total. The molecule has 0 aliphatic carbocycles. The Labute approximate surface area is 68.8 Å². The molecule has 0 aromatic carbocycles. The van der Waals surface area contributed by atoms with Gasteiger partial charge < -0.3 is 0 Å². The molecular formula is C6H8N2S2. The zero-order chi connectivity index (χ0) is 7.40. The molecule has 0 atom stereocenters. The summed E-state index contributed by atoms with van der Waals surface area (Å²) in [6.45, 7) is 0. The molecule has 1 heterocycles. The van der Waals surface area contributed by atoms with Crippen molar-refractivity contribution in [2.24, 2.45) is 0 Å². The second-order valence-corrected chi connectivity index (χ2v) is 3.26. The predicted molar refractivity (Wildman–Crippen MR) is 45.6 cm³/mol. The highest BCUT2D eigenvalue weighted by Crippen LogP contribution is 2.16. The van der Waals surface area contributed by atoms with Crippen LogP contribution in [-0.4, -0.2) is 22.5 Å². The van der Waals surface area contributed by atoms with Crippen molar-refractivity contribution >= 4 is 23.5 Å². The van der Waals surface area contributed by atoms with Crippen LogP contribution in [0.3, 0.4) is 0 Å². The lowest BCUT2D eigenvalue weighted by molar-refractivity contribution is 0.966. The zero-order valence-electron chi connectivity index (χ0n) is 5.87. The SMILES string of the molecule is CSc1cc(SC)ncn1. The Morgan fingerprint density at radius 1 is 1.10 bits per heavy atom. The van der Waals surface area contributed by atoms with E-state index in [1.165, 1.54) is 0 Å². The summed E-state index contributed by atoms with van der Waals surface area (Å²) in [7, 11) is 0. The van der Waals surface area contributed by atoms with Crippen LogP contribution in [0.2, 0.25) is 0 Å². The van der Waals surface area contributed by atoms with Gasteiger partial charge in [0.15, 0.2) is 0 Å². The van der Waals surface area contributed by atoms with Gasteiger partial charge in [0.2, 0.25) is 0 Å². The van der Waals surface area contributed by atoms with Crippen LogP contribution in [0.15, 0.2) is 22.4 Å². The minimum Gasteiger partial charge on any atom is -0.230 e. The van der Waals surface area contributed by atoms with Gasteiger partial charge in [-0.3, -0.25) is 0 Å². The van der Waals surface area contributed by atoms with Crippen LogP contribution >= 0.6 is 23.5 Å². The third kappa shape index (κ3) is 1.88. The molecule has 0 saturated carbocycles. The molecule has 0 aliphatic rings. The van der Waals surface area contributed by atoms with Crippen molar-refractivity contribution in [2.75, 3.05) is 12.5 Å². The van der Waals surface area contributed by atoms with Crippen LogP contribution in [0.5, 0.6) is 0 Å². The fourth-order valence-electron chi connectivity index (χ4n) is 0.546. The van der Waals surface area contributed by atoms with Crippen molar-refractivity contribution in [3.63, 3.8) is 0 Å². The highest BCUT2D eigenvalue weighted by atomic mass is 32.2. The third-order valence-electron chi connectivity index (χ3n) is 1.04. The van der Waals surface area contributed by atoms with Crippen molar-refractivity contribution in [1.29, 1.82) is 0 Å². The Balaban J connectivity index is 2.87. The molecule has 1 aromatic heterocycles. The average Bonchev–Trinajstić information content (AvgIpc) is 2.05. The van der Waals surface area contributed by atoms with Gasteiger partial charge in [-0.1, -0.05) is 0 Å². The molecule has 0 amide bonds. The van der Waals surface area contributed by atoms with Gasteiger partial charge in [-0.25, -0.2) is 9.97 Å². The smallest absolute Gasteiger partial charge is 0.117 e. The van der Waals surface area contributed by atoms with Crippen LogP contribution in [0, 0.1) is 0 Å². The summed E-state index contributed by atoms with van der Waals surface area (Å²) in [5.41, 5.74) is 0.